The fourth-order valence-electron chi connectivity index (χ4n) is 2.24. The second kappa shape index (κ2) is 8.36. The summed E-state index contributed by atoms with van der Waals surface area (Å²) in [7, 11) is 1.50. The average molecular weight is 347 g/mol. The molecule has 0 aliphatic carbocycles. The van der Waals surface area contributed by atoms with Crippen LogP contribution in [-0.4, -0.2) is 25.5 Å². The molecule has 0 spiro atoms. The number of benzene rings is 2. The lowest BCUT2D eigenvalue weighted by Crippen LogP contribution is -2.39. The zero-order valence-corrected chi connectivity index (χ0v) is 14.3. The van der Waals surface area contributed by atoms with Crippen molar-refractivity contribution in [1.29, 1.82) is 0 Å². The topological polar surface area (TPSA) is 58.6 Å². The molecular formula is C18H19ClN2O3. The van der Waals surface area contributed by atoms with E-state index in [1.807, 2.05) is 30.3 Å². The van der Waals surface area contributed by atoms with Crippen LogP contribution in [0, 0.1) is 0 Å². The van der Waals surface area contributed by atoms with Crippen molar-refractivity contribution in [2.45, 2.75) is 13.5 Å². The lowest BCUT2D eigenvalue weighted by atomic mass is 10.2. The molecule has 24 heavy (non-hydrogen) atoms. The first kappa shape index (κ1) is 17.8. The van der Waals surface area contributed by atoms with Crippen molar-refractivity contribution in [2.24, 2.45) is 0 Å². The highest BCUT2D eigenvalue weighted by molar-refractivity contribution is 6.31. The summed E-state index contributed by atoms with van der Waals surface area (Å²) in [4.78, 5) is 25.5. The van der Waals surface area contributed by atoms with Gasteiger partial charge in [0.1, 0.15) is 12.3 Å². The maximum atomic E-state index is 12.2. The molecule has 5 nitrogen and oxygen atoms in total. The van der Waals surface area contributed by atoms with E-state index in [4.69, 9.17) is 16.3 Å². The fourth-order valence-corrected chi connectivity index (χ4v) is 2.40. The quantitative estimate of drug-likeness (QED) is 0.874. The van der Waals surface area contributed by atoms with E-state index in [1.54, 1.807) is 18.2 Å². The molecule has 0 saturated heterocycles. The second-order valence-electron chi connectivity index (χ2n) is 5.18. The lowest BCUT2D eigenvalue weighted by molar-refractivity contribution is -0.123. The van der Waals surface area contributed by atoms with Crippen LogP contribution < -0.4 is 15.0 Å². The smallest absolute Gasteiger partial charge is 0.240 e. The number of hydrogen-bond donors (Lipinski definition) is 1. The number of amides is 2. The molecule has 0 atom stereocenters. The number of ether oxygens (including phenoxy) is 1. The summed E-state index contributed by atoms with van der Waals surface area (Å²) in [5, 5.41) is 3.26. The van der Waals surface area contributed by atoms with E-state index in [0.29, 0.717) is 23.0 Å². The molecule has 0 fully saturated rings. The van der Waals surface area contributed by atoms with E-state index < -0.39 is 0 Å². The third-order valence-corrected chi connectivity index (χ3v) is 3.68. The van der Waals surface area contributed by atoms with Crippen LogP contribution in [0.3, 0.4) is 0 Å². The van der Waals surface area contributed by atoms with E-state index in [2.05, 4.69) is 5.32 Å². The van der Waals surface area contributed by atoms with Crippen LogP contribution in [-0.2, 0) is 16.1 Å². The van der Waals surface area contributed by atoms with Crippen molar-refractivity contribution in [3.8, 4) is 5.75 Å². The molecule has 6 heteroatoms. The Hall–Kier alpha value is -2.53. The van der Waals surface area contributed by atoms with Crippen LogP contribution in [0.4, 0.5) is 5.69 Å². The molecule has 126 valence electrons. The molecule has 0 aliphatic rings. The van der Waals surface area contributed by atoms with Gasteiger partial charge in [0.25, 0.3) is 0 Å². The molecule has 1 N–H and O–H groups in total. The van der Waals surface area contributed by atoms with E-state index >= 15 is 0 Å². The Morgan fingerprint density at radius 3 is 2.50 bits per heavy atom. The Labute approximate surface area is 146 Å². The molecule has 0 heterocycles. The molecule has 0 radical (unpaired) electrons. The predicted octanol–water partition coefficient (Wildman–Crippen LogP) is 3.02. The number of rotatable bonds is 6. The number of nitrogens with one attached hydrogen (secondary N) is 1. The van der Waals surface area contributed by atoms with Gasteiger partial charge in [-0.1, -0.05) is 41.9 Å². The van der Waals surface area contributed by atoms with Crippen molar-refractivity contribution in [2.75, 3.05) is 18.6 Å². The minimum absolute atomic E-state index is 0.112. The molecule has 0 bridgehead atoms. The maximum Gasteiger partial charge on any atom is 0.240 e. The summed E-state index contributed by atoms with van der Waals surface area (Å²) in [6, 6.07) is 14.5. The number of methoxy groups -OCH3 is 1. The van der Waals surface area contributed by atoms with E-state index in [-0.39, 0.29) is 18.4 Å². The Morgan fingerprint density at radius 1 is 1.17 bits per heavy atom. The molecule has 2 aromatic rings. The highest BCUT2D eigenvalue weighted by atomic mass is 35.5. The molecular weight excluding hydrogens is 328 g/mol. The first-order valence-electron chi connectivity index (χ1n) is 7.43. The van der Waals surface area contributed by atoms with Gasteiger partial charge in [0.05, 0.1) is 12.8 Å². The molecule has 2 amide bonds. The van der Waals surface area contributed by atoms with Gasteiger partial charge in [-0.25, -0.2) is 0 Å². The van der Waals surface area contributed by atoms with E-state index in [9.17, 15) is 9.59 Å². The van der Waals surface area contributed by atoms with Crippen molar-refractivity contribution in [3.05, 3.63) is 59.1 Å². The SMILES string of the molecule is COc1ccc(Cl)cc1N(CC(=O)NCc1ccccc1)C(C)=O. The summed E-state index contributed by atoms with van der Waals surface area (Å²) >= 11 is 6.01. The van der Waals surface area contributed by atoms with E-state index in [1.165, 1.54) is 18.9 Å². The van der Waals surface area contributed by atoms with Gasteiger partial charge < -0.3 is 10.1 Å². The normalized spacial score (nSPS) is 10.1. The number of carbonyl (C=O) groups excluding carboxylic acids is 2. The van der Waals surface area contributed by atoms with Gasteiger partial charge in [0.2, 0.25) is 11.8 Å². The number of nitrogens with zero attached hydrogens (tertiary/aromatic N) is 1. The summed E-state index contributed by atoms with van der Waals surface area (Å²) in [6.07, 6.45) is 0. The van der Waals surface area contributed by atoms with Crippen LogP contribution >= 0.6 is 11.6 Å². The van der Waals surface area contributed by atoms with Gasteiger partial charge in [0, 0.05) is 18.5 Å². The first-order chi connectivity index (χ1) is 11.5. The third-order valence-electron chi connectivity index (χ3n) is 3.45. The van der Waals surface area contributed by atoms with E-state index in [0.717, 1.165) is 5.56 Å². The maximum absolute atomic E-state index is 12.2. The number of carbonyl (C=O) groups is 2. The minimum atomic E-state index is -0.273. The Kier molecular flexibility index (Phi) is 6.21. The van der Waals surface area contributed by atoms with Crippen molar-refractivity contribution >= 4 is 29.1 Å². The Balaban J connectivity index is 2.10. The zero-order valence-electron chi connectivity index (χ0n) is 13.6. The molecule has 0 saturated carbocycles. The van der Waals surface area contributed by atoms with Crippen LogP contribution in [0.5, 0.6) is 5.75 Å². The standard InChI is InChI=1S/C18H19ClN2O3/c1-13(22)21(16-10-15(19)8-9-17(16)24-2)12-18(23)20-11-14-6-4-3-5-7-14/h3-10H,11-12H2,1-2H3,(H,20,23). The van der Waals surface area contributed by atoms with Crippen LogP contribution in [0.2, 0.25) is 5.02 Å². The van der Waals surface area contributed by atoms with Gasteiger partial charge in [-0.15, -0.1) is 0 Å². The zero-order chi connectivity index (χ0) is 17.5. The van der Waals surface area contributed by atoms with Crippen LogP contribution in [0.25, 0.3) is 0 Å². The Morgan fingerprint density at radius 2 is 1.88 bits per heavy atom. The van der Waals surface area contributed by atoms with Gasteiger partial charge >= 0.3 is 0 Å². The van der Waals surface area contributed by atoms with Gasteiger partial charge in [-0.3, -0.25) is 14.5 Å². The monoisotopic (exact) mass is 346 g/mol. The number of halogens is 1. The van der Waals surface area contributed by atoms with Crippen molar-refractivity contribution in [3.63, 3.8) is 0 Å². The highest BCUT2D eigenvalue weighted by Crippen LogP contribution is 2.31. The molecule has 0 aromatic heterocycles. The predicted molar refractivity (Wildman–Crippen MR) is 94.3 cm³/mol. The lowest BCUT2D eigenvalue weighted by Gasteiger charge is -2.23. The summed E-state index contributed by atoms with van der Waals surface area (Å²) in [5.74, 6) is -0.0630. The summed E-state index contributed by atoms with van der Waals surface area (Å²) < 4.78 is 5.26. The average Bonchev–Trinajstić information content (AvgIpc) is 2.58. The largest absolute Gasteiger partial charge is 0.495 e. The van der Waals surface area contributed by atoms with Gasteiger partial charge in [-0.05, 0) is 23.8 Å². The molecule has 2 aromatic carbocycles. The first-order valence-corrected chi connectivity index (χ1v) is 7.81. The summed E-state index contributed by atoms with van der Waals surface area (Å²) in [6.45, 7) is 1.68. The van der Waals surface area contributed by atoms with Crippen LogP contribution in [0.1, 0.15) is 12.5 Å². The van der Waals surface area contributed by atoms with Crippen molar-refractivity contribution in [1.82, 2.24) is 5.32 Å². The van der Waals surface area contributed by atoms with Crippen molar-refractivity contribution < 1.29 is 14.3 Å². The van der Waals surface area contributed by atoms with Gasteiger partial charge in [-0.2, -0.15) is 0 Å². The summed E-state index contributed by atoms with van der Waals surface area (Å²) in [5.41, 5.74) is 1.45. The number of hydrogen-bond acceptors (Lipinski definition) is 3. The number of anilines is 1. The second-order valence-corrected chi connectivity index (χ2v) is 5.62. The van der Waals surface area contributed by atoms with Crippen LogP contribution in [0.15, 0.2) is 48.5 Å². The highest BCUT2D eigenvalue weighted by Gasteiger charge is 2.19. The fraction of sp³-hybridized carbons (Fsp3) is 0.222. The van der Waals surface area contributed by atoms with Gasteiger partial charge in [0.15, 0.2) is 0 Å². The molecule has 0 unspecified atom stereocenters. The third kappa shape index (κ3) is 4.73. The molecule has 0 aliphatic heterocycles. The minimum Gasteiger partial charge on any atom is -0.495 e. The Bertz CT molecular complexity index is 719. The molecule has 2 rings (SSSR count).